The van der Waals surface area contributed by atoms with E-state index in [0.29, 0.717) is 25.7 Å². The Morgan fingerprint density at radius 3 is 0.755 bits per heavy atom. The van der Waals surface area contributed by atoms with Crippen molar-refractivity contribution < 1.29 is 80.2 Å². The van der Waals surface area contributed by atoms with Crippen molar-refractivity contribution in [3.63, 3.8) is 0 Å². The van der Waals surface area contributed by atoms with Crippen molar-refractivity contribution in [3.8, 4) is 0 Å². The largest absolute Gasteiger partial charge is 0.472 e. The maximum Gasteiger partial charge on any atom is 0.472 e. The molecule has 0 amide bonds. The Morgan fingerprint density at radius 2 is 0.491 bits per heavy atom. The summed E-state index contributed by atoms with van der Waals surface area (Å²) in [5.41, 5.74) is 0. The Hall–Kier alpha value is -4.80. The number of carbonyl (C=O) groups excluding carboxylic acids is 4. The lowest BCUT2D eigenvalue weighted by molar-refractivity contribution is -0.161. The van der Waals surface area contributed by atoms with Crippen LogP contribution >= 0.6 is 15.6 Å². The lowest BCUT2D eigenvalue weighted by Crippen LogP contribution is -2.30. The summed E-state index contributed by atoms with van der Waals surface area (Å²) in [4.78, 5) is 73.2. The smallest absolute Gasteiger partial charge is 0.462 e. The summed E-state index contributed by atoms with van der Waals surface area (Å²) < 4.78 is 68.7. The van der Waals surface area contributed by atoms with Gasteiger partial charge in [0.05, 0.1) is 26.4 Å². The van der Waals surface area contributed by atoms with Crippen LogP contribution in [0.1, 0.15) is 336 Å². The van der Waals surface area contributed by atoms with Gasteiger partial charge in [-0.05, 0) is 161 Å². The number of phosphoric acid groups is 2. The first kappa shape index (κ1) is 101. The molecule has 0 aliphatic carbocycles. The molecule has 0 fully saturated rings. The van der Waals surface area contributed by atoms with Gasteiger partial charge < -0.3 is 33.8 Å². The Balaban J connectivity index is 5.40. The van der Waals surface area contributed by atoms with E-state index < -0.39 is 97.5 Å². The van der Waals surface area contributed by atoms with E-state index in [9.17, 15) is 43.2 Å². The molecule has 0 aliphatic heterocycles. The van der Waals surface area contributed by atoms with Crippen LogP contribution in [0, 0.1) is 0 Å². The highest BCUT2D eigenvalue weighted by molar-refractivity contribution is 7.47. The number of phosphoric ester groups is 2. The topological polar surface area (TPSA) is 237 Å². The first-order valence-corrected chi connectivity index (χ1v) is 44.4. The van der Waals surface area contributed by atoms with Crippen LogP contribution in [0.3, 0.4) is 0 Å². The van der Waals surface area contributed by atoms with Crippen molar-refractivity contribution in [2.45, 2.75) is 354 Å². The minimum absolute atomic E-state index is 0.0700. The van der Waals surface area contributed by atoms with E-state index >= 15 is 0 Å². The highest BCUT2D eigenvalue weighted by atomic mass is 31.2. The van der Waals surface area contributed by atoms with Crippen LogP contribution in [0.15, 0.2) is 134 Å². The standard InChI is InChI=1S/C87H148O17P2/c1-5-9-13-17-21-25-29-33-37-39-40-42-46-48-52-56-60-64-68-72-85(90)98-78-83(104-87(92)74-70-66-62-58-54-50-44-36-32-28-24-20-16-12-8-4)80-102-106(95,96)100-76-81(88)75-99-105(93,94)101-79-82(103-86(91)73-69-65-61-57-53-49-43-35-31-27-23-19-15-11-7-3)77-97-84(89)71-67-63-59-55-51-47-45-41-38-34-30-26-22-18-14-10-6-2/h10-11,14-15,21-28,33-38,40,42-44,81-83,88H,5-9,12-13,16-20,29-32,39,41,45-80H2,1-4H3,(H,93,94)(H,95,96)/b14-10-,15-11-,25-21-,26-22-,27-23-,28-24-,37-33-,38-34-,42-40-,43-35-,44-36-. The zero-order valence-corrected chi connectivity index (χ0v) is 68.4. The van der Waals surface area contributed by atoms with Gasteiger partial charge in [0.1, 0.15) is 19.3 Å². The van der Waals surface area contributed by atoms with Crippen LogP contribution in [-0.4, -0.2) is 96.7 Å². The summed E-state index contributed by atoms with van der Waals surface area (Å²) in [7, 11) is -9.98. The predicted molar refractivity (Wildman–Crippen MR) is 436 cm³/mol. The molecule has 0 heterocycles. The number of aliphatic hydroxyl groups excluding tert-OH is 1. The number of rotatable bonds is 77. The molecular formula is C87H148O17P2. The van der Waals surface area contributed by atoms with Gasteiger partial charge in [-0.2, -0.15) is 0 Å². The normalized spacial score (nSPS) is 14.5. The fraction of sp³-hybridized carbons (Fsp3) is 0.701. The van der Waals surface area contributed by atoms with Gasteiger partial charge in [-0.3, -0.25) is 37.3 Å². The fourth-order valence-electron chi connectivity index (χ4n) is 10.8. The van der Waals surface area contributed by atoms with E-state index in [1.807, 2.05) is 0 Å². The lowest BCUT2D eigenvalue weighted by atomic mass is 10.1. The number of esters is 4. The van der Waals surface area contributed by atoms with Crippen LogP contribution in [0.2, 0.25) is 0 Å². The van der Waals surface area contributed by atoms with Crippen molar-refractivity contribution in [2.75, 3.05) is 39.6 Å². The summed E-state index contributed by atoms with van der Waals surface area (Å²) in [5, 5.41) is 10.7. The van der Waals surface area contributed by atoms with Crippen LogP contribution in [-0.2, 0) is 65.4 Å². The van der Waals surface area contributed by atoms with Crippen molar-refractivity contribution in [3.05, 3.63) is 134 Å². The second-order valence-electron chi connectivity index (χ2n) is 27.3. The molecule has 3 N–H and O–H groups in total. The number of aliphatic hydroxyl groups is 1. The molecule has 0 aromatic rings. The summed E-state index contributed by atoms with van der Waals surface area (Å²) in [5.74, 6) is -2.23. The molecule has 106 heavy (non-hydrogen) atoms. The molecular weight excluding hydrogens is 1380 g/mol. The van der Waals surface area contributed by atoms with Crippen LogP contribution in [0.4, 0.5) is 0 Å². The molecule has 0 aliphatic rings. The molecule has 0 spiro atoms. The average molecular weight is 1530 g/mol. The molecule has 0 saturated heterocycles. The summed E-state index contributed by atoms with van der Waals surface area (Å²) in [6.07, 6.45) is 88.4. The van der Waals surface area contributed by atoms with E-state index in [4.69, 9.17) is 37.0 Å². The molecule has 0 bridgehead atoms. The van der Waals surface area contributed by atoms with E-state index in [1.54, 1.807) is 0 Å². The van der Waals surface area contributed by atoms with E-state index in [2.05, 4.69) is 161 Å². The van der Waals surface area contributed by atoms with Gasteiger partial charge in [0, 0.05) is 25.7 Å². The molecule has 0 rings (SSSR count). The van der Waals surface area contributed by atoms with Crippen molar-refractivity contribution in [2.24, 2.45) is 0 Å². The molecule has 0 saturated carbocycles. The third-order valence-electron chi connectivity index (χ3n) is 17.1. The van der Waals surface area contributed by atoms with Gasteiger partial charge in [-0.25, -0.2) is 9.13 Å². The fourth-order valence-corrected chi connectivity index (χ4v) is 12.4. The molecule has 0 radical (unpaired) electrons. The molecule has 5 atom stereocenters. The number of ether oxygens (including phenoxy) is 4. The van der Waals surface area contributed by atoms with Gasteiger partial charge in [-0.15, -0.1) is 0 Å². The lowest BCUT2D eigenvalue weighted by Gasteiger charge is -2.21. The Kier molecular flexibility index (Phi) is 74.8. The first-order chi connectivity index (χ1) is 51.7. The summed E-state index contributed by atoms with van der Waals surface area (Å²) in [6.45, 7) is 4.57. The van der Waals surface area contributed by atoms with Crippen LogP contribution in [0.25, 0.3) is 0 Å². The Morgan fingerprint density at radius 1 is 0.274 bits per heavy atom. The molecule has 19 heteroatoms. The third kappa shape index (κ3) is 77.4. The van der Waals surface area contributed by atoms with E-state index in [1.165, 1.54) is 38.5 Å². The first-order valence-electron chi connectivity index (χ1n) is 41.4. The number of hydrogen-bond donors (Lipinski definition) is 3. The number of hydrogen-bond acceptors (Lipinski definition) is 15. The van der Waals surface area contributed by atoms with Crippen molar-refractivity contribution in [1.82, 2.24) is 0 Å². The zero-order chi connectivity index (χ0) is 77.4. The number of unbranched alkanes of at least 4 members (excludes halogenated alkanes) is 29. The van der Waals surface area contributed by atoms with Gasteiger partial charge in [0.2, 0.25) is 0 Å². The van der Waals surface area contributed by atoms with Gasteiger partial charge in [-0.1, -0.05) is 283 Å². The Bertz CT molecular complexity index is 2530. The van der Waals surface area contributed by atoms with Gasteiger partial charge >= 0.3 is 39.5 Å². The second kappa shape index (κ2) is 78.3. The van der Waals surface area contributed by atoms with Gasteiger partial charge in [0.15, 0.2) is 12.2 Å². The van der Waals surface area contributed by atoms with Crippen molar-refractivity contribution in [1.29, 1.82) is 0 Å². The molecule has 17 nitrogen and oxygen atoms in total. The molecule has 608 valence electrons. The molecule has 0 aromatic heterocycles. The summed E-state index contributed by atoms with van der Waals surface area (Å²) in [6, 6.07) is 0. The van der Waals surface area contributed by atoms with E-state index in [-0.39, 0.29) is 25.7 Å². The number of allylic oxidation sites excluding steroid dienone is 22. The quantitative estimate of drug-likeness (QED) is 0.0169. The second-order valence-corrected chi connectivity index (χ2v) is 30.2. The highest BCUT2D eigenvalue weighted by Gasteiger charge is 2.30. The van der Waals surface area contributed by atoms with Crippen molar-refractivity contribution >= 4 is 39.5 Å². The predicted octanol–water partition coefficient (Wildman–Crippen LogP) is 24.4. The SMILES string of the molecule is CC/C=C\C/C=C\C/C=C\CCCCCCCCCC(=O)OCC(COP(=O)(O)OCC(O)COP(=O)(O)OCC(COC(=O)CCCCCCCC/C=C\C/C=C\C/C=C\CCCCC)OC(=O)CCCCCCC/C=C\C/C=C\CCCCC)OC(=O)CCCCCCC/C=C\C/C=C\C/C=C\CC. The minimum atomic E-state index is -4.99. The molecule has 0 aromatic carbocycles. The highest BCUT2D eigenvalue weighted by Crippen LogP contribution is 2.45. The average Bonchev–Trinajstić information content (AvgIpc) is 0.928. The molecule has 5 unspecified atom stereocenters. The minimum Gasteiger partial charge on any atom is -0.462 e. The third-order valence-corrected chi connectivity index (χ3v) is 19.0. The zero-order valence-electron chi connectivity index (χ0n) is 66.6. The monoisotopic (exact) mass is 1530 g/mol. The maximum absolute atomic E-state index is 13.1. The van der Waals surface area contributed by atoms with Gasteiger partial charge in [0.25, 0.3) is 0 Å². The Labute approximate surface area is 644 Å². The van der Waals surface area contributed by atoms with Crippen LogP contribution < -0.4 is 0 Å². The van der Waals surface area contributed by atoms with Crippen LogP contribution in [0.5, 0.6) is 0 Å². The maximum atomic E-state index is 13.1. The summed E-state index contributed by atoms with van der Waals surface area (Å²) >= 11 is 0. The van der Waals surface area contributed by atoms with E-state index in [0.717, 1.165) is 218 Å². The number of carbonyl (C=O) groups is 4.